The van der Waals surface area contributed by atoms with Crippen molar-refractivity contribution in [2.45, 2.75) is 30.5 Å². The molecular weight excluding hydrogens is 624 g/mol. The molecule has 2 aromatic heterocycles. The fourth-order valence-corrected chi connectivity index (χ4v) is 5.04. The maximum Gasteiger partial charge on any atom is 0.424 e. The Bertz CT molecular complexity index is 1840. The second-order valence-electron chi connectivity index (χ2n) is 10.7. The Kier molecular flexibility index (Phi) is 8.27. The molecule has 46 heavy (non-hydrogen) atoms. The Morgan fingerprint density at radius 1 is 1.11 bits per heavy atom. The third-order valence-electron chi connectivity index (χ3n) is 7.69. The summed E-state index contributed by atoms with van der Waals surface area (Å²) in [6.45, 7) is -0.302. The standard InChI is InChI=1S/C30H25F6N5O5/c1-28(27(43)37-2)13-46-24-18(28)11-21(39-23(24)14-4-6-17(31)7-5-14)29(44,30(34,35)36)12-38-26(42)16-8-15-9-19(25(32)33)40-41-22(15)20(10-16)45-3/h4-11,25,44H,12-13H2,1-3H3,(H,37,43)(H,38,42)/t28-,29?/m0/s1. The maximum atomic E-state index is 14.7. The lowest BCUT2D eigenvalue weighted by Gasteiger charge is -2.31. The largest absolute Gasteiger partial charge is 0.494 e. The molecule has 10 nitrogen and oxygen atoms in total. The number of rotatable bonds is 8. The van der Waals surface area contributed by atoms with Crippen molar-refractivity contribution in [2.75, 3.05) is 27.3 Å². The first-order valence-corrected chi connectivity index (χ1v) is 13.5. The van der Waals surface area contributed by atoms with Crippen LogP contribution in [0.25, 0.3) is 22.2 Å². The molecule has 242 valence electrons. The van der Waals surface area contributed by atoms with E-state index in [9.17, 15) is 41.0 Å². The first kappa shape index (κ1) is 32.4. The summed E-state index contributed by atoms with van der Waals surface area (Å²) in [4.78, 5) is 30.1. The van der Waals surface area contributed by atoms with E-state index in [2.05, 4.69) is 20.5 Å². The second kappa shape index (κ2) is 11.7. The Balaban J connectivity index is 1.59. The molecule has 2 amide bonds. The van der Waals surface area contributed by atoms with Crippen LogP contribution in [0.15, 0.2) is 48.5 Å². The third-order valence-corrected chi connectivity index (χ3v) is 7.69. The zero-order valence-electron chi connectivity index (χ0n) is 24.3. The highest BCUT2D eigenvalue weighted by Gasteiger charge is 2.58. The molecule has 0 spiro atoms. The number of fused-ring (bicyclic) bond motifs is 2. The number of hydrogen-bond donors (Lipinski definition) is 3. The summed E-state index contributed by atoms with van der Waals surface area (Å²) in [7, 11) is 2.54. The Morgan fingerprint density at radius 2 is 1.80 bits per heavy atom. The highest BCUT2D eigenvalue weighted by atomic mass is 19.4. The molecule has 2 aromatic carbocycles. The van der Waals surface area contributed by atoms with Gasteiger partial charge in [-0.3, -0.25) is 9.59 Å². The van der Waals surface area contributed by atoms with Gasteiger partial charge in [0.25, 0.3) is 12.3 Å². The lowest BCUT2D eigenvalue weighted by molar-refractivity contribution is -0.265. The number of halogens is 6. The number of aliphatic hydroxyl groups is 1. The molecule has 0 saturated heterocycles. The topological polar surface area (TPSA) is 136 Å². The Morgan fingerprint density at radius 3 is 2.41 bits per heavy atom. The zero-order chi connectivity index (χ0) is 33.6. The first-order valence-electron chi connectivity index (χ1n) is 13.5. The minimum absolute atomic E-state index is 0.00130. The molecule has 3 N–H and O–H groups in total. The third kappa shape index (κ3) is 5.52. The van der Waals surface area contributed by atoms with Gasteiger partial charge in [-0.15, -0.1) is 10.2 Å². The maximum absolute atomic E-state index is 14.7. The van der Waals surface area contributed by atoms with Crippen LogP contribution < -0.4 is 20.1 Å². The van der Waals surface area contributed by atoms with Gasteiger partial charge >= 0.3 is 6.18 Å². The fourth-order valence-electron chi connectivity index (χ4n) is 5.04. The highest BCUT2D eigenvalue weighted by molar-refractivity contribution is 6.00. The Labute approximate surface area is 256 Å². The molecule has 0 radical (unpaired) electrons. The van der Waals surface area contributed by atoms with E-state index in [0.717, 1.165) is 36.4 Å². The summed E-state index contributed by atoms with van der Waals surface area (Å²) in [5.41, 5.74) is -7.39. The van der Waals surface area contributed by atoms with Crippen molar-refractivity contribution >= 4 is 22.7 Å². The number of amides is 2. The molecule has 3 heterocycles. The van der Waals surface area contributed by atoms with Gasteiger partial charge in [-0.1, -0.05) is 0 Å². The number of aromatic nitrogens is 3. The summed E-state index contributed by atoms with van der Waals surface area (Å²) >= 11 is 0. The molecule has 1 aliphatic heterocycles. The van der Waals surface area contributed by atoms with Crippen LogP contribution in [0.4, 0.5) is 26.3 Å². The fraction of sp³-hybridized carbons (Fsp3) is 0.300. The number of alkyl halides is 5. The minimum atomic E-state index is -5.44. The van der Waals surface area contributed by atoms with Crippen LogP contribution in [-0.4, -0.2) is 65.6 Å². The van der Waals surface area contributed by atoms with Crippen LogP contribution in [0.2, 0.25) is 0 Å². The van der Waals surface area contributed by atoms with Gasteiger partial charge in [-0.25, -0.2) is 18.2 Å². The van der Waals surface area contributed by atoms with Crippen molar-refractivity contribution in [1.82, 2.24) is 25.8 Å². The van der Waals surface area contributed by atoms with Gasteiger partial charge < -0.3 is 25.2 Å². The summed E-state index contributed by atoms with van der Waals surface area (Å²) in [6, 6.07) is 8.64. The average Bonchev–Trinajstić information content (AvgIpc) is 3.38. The van der Waals surface area contributed by atoms with Crippen molar-refractivity contribution in [2.24, 2.45) is 0 Å². The van der Waals surface area contributed by atoms with E-state index < -0.39 is 59.2 Å². The van der Waals surface area contributed by atoms with Crippen molar-refractivity contribution < 1.29 is 50.5 Å². The van der Waals surface area contributed by atoms with E-state index in [1.807, 2.05) is 5.32 Å². The van der Waals surface area contributed by atoms with E-state index in [-0.39, 0.29) is 51.4 Å². The van der Waals surface area contributed by atoms with Crippen LogP contribution in [-0.2, 0) is 15.8 Å². The van der Waals surface area contributed by atoms with E-state index >= 15 is 0 Å². The molecular formula is C30H25F6N5O5. The van der Waals surface area contributed by atoms with Gasteiger partial charge in [0.2, 0.25) is 11.5 Å². The number of nitrogens with one attached hydrogen (secondary N) is 2. The van der Waals surface area contributed by atoms with Gasteiger partial charge in [-0.05, 0) is 55.5 Å². The number of methoxy groups -OCH3 is 1. The normalized spacial score (nSPS) is 17.3. The highest BCUT2D eigenvalue weighted by Crippen LogP contribution is 2.48. The monoisotopic (exact) mass is 649 g/mol. The van der Waals surface area contributed by atoms with E-state index in [0.29, 0.717) is 0 Å². The molecule has 1 aliphatic rings. The SMILES string of the molecule is CNC(=O)[C@@]1(C)COc2c1cc(C(O)(CNC(=O)c1cc(OC)c3nnc(C(F)F)cc3c1)C(F)(F)F)nc2-c1ccc(F)cc1. The van der Waals surface area contributed by atoms with Crippen molar-refractivity contribution in [3.8, 4) is 22.8 Å². The number of hydrogen-bond acceptors (Lipinski definition) is 8. The van der Waals surface area contributed by atoms with Crippen molar-refractivity contribution in [3.63, 3.8) is 0 Å². The number of carbonyl (C=O) groups is 2. The van der Waals surface area contributed by atoms with E-state index in [4.69, 9.17) is 9.47 Å². The molecule has 0 saturated carbocycles. The van der Waals surface area contributed by atoms with Gasteiger partial charge in [-0.2, -0.15) is 13.2 Å². The smallest absolute Gasteiger partial charge is 0.424 e. The number of ether oxygens (including phenoxy) is 2. The second-order valence-corrected chi connectivity index (χ2v) is 10.7. The molecule has 0 fully saturated rings. The van der Waals surface area contributed by atoms with E-state index in [1.165, 1.54) is 33.2 Å². The Hall–Kier alpha value is -4.99. The summed E-state index contributed by atoms with van der Waals surface area (Å²) in [5, 5.41) is 22.8. The van der Waals surface area contributed by atoms with Crippen molar-refractivity contribution in [1.29, 1.82) is 0 Å². The number of carbonyl (C=O) groups excluding carboxylic acids is 2. The van der Waals surface area contributed by atoms with Gasteiger partial charge in [0, 0.05) is 29.1 Å². The molecule has 2 atom stereocenters. The van der Waals surface area contributed by atoms with Crippen LogP contribution in [0.5, 0.6) is 11.5 Å². The van der Waals surface area contributed by atoms with Crippen molar-refractivity contribution in [3.05, 3.63) is 76.9 Å². The zero-order valence-corrected chi connectivity index (χ0v) is 24.3. The summed E-state index contributed by atoms with van der Waals surface area (Å²) < 4.78 is 95.2. The molecule has 16 heteroatoms. The predicted octanol–water partition coefficient (Wildman–Crippen LogP) is 4.35. The van der Waals surface area contributed by atoms with Gasteiger partial charge in [0.15, 0.2) is 0 Å². The molecule has 0 aliphatic carbocycles. The van der Waals surface area contributed by atoms with Gasteiger partial charge in [0.1, 0.15) is 46.2 Å². The summed E-state index contributed by atoms with van der Waals surface area (Å²) in [6.07, 6.45) is -8.43. The van der Waals surface area contributed by atoms with Crippen LogP contribution in [0.3, 0.4) is 0 Å². The molecule has 1 unspecified atom stereocenters. The molecule has 5 rings (SSSR count). The quantitative estimate of drug-likeness (QED) is 0.240. The molecule has 0 bridgehead atoms. The number of pyridine rings is 1. The van der Waals surface area contributed by atoms with E-state index in [1.54, 1.807) is 0 Å². The van der Waals surface area contributed by atoms with Gasteiger partial charge in [0.05, 0.1) is 19.3 Å². The minimum Gasteiger partial charge on any atom is -0.494 e. The predicted molar refractivity (Wildman–Crippen MR) is 150 cm³/mol. The number of likely N-dealkylation sites (N-methyl/N-ethyl adjacent to an activating group) is 1. The van der Waals surface area contributed by atoms with Crippen LogP contribution in [0.1, 0.15) is 40.7 Å². The molecule has 4 aromatic rings. The number of benzene rings is 2. The van der Waals surface area contributed by atoms with Crippen LogP contribution >= 0.6 is 0 Å². The lowest BCUT2D eigenvalue weighted by Crippen LogP contribution is -2.52. The first-order chi connectivity index (χ1) is 21.6. The summed E-state index contributed by atoms with van der Waals surface area (Å²) in [5.74, 6) is -2.46. The number of nitrogens with zero attached hydrogens (tertiary/aromatic N) is 3. The lowest BCUT2D eigenvalue weighted by atomic mass is 9.81. The average molecular weight is 650 g/mol. The van der Waals surface area contributed by atoms with Crippen LogP contribution in [0, 0.1) is 5.82 Å².